The number of carboxylic acids is 2. The Morgan fingerprint density at radius 3 is 2.03 bits per heavy atom. The second-order valence-corrected chi connectivity index (χ2v) is 7.40. The molecule has 2 aliphatic heterocycles. The summed E-state index contributed by atoms with van der Waals surface area (Å²) < 4.78 is 21.6. The zero-order chi connectivity index (χ0) is 24.7. The highest BCUT2D eigenvalue weighted by Crippen LogP contribution is 2.33. The summed E-state index contributed by atoms with van der Waals surface area (Å²) in [5, 5.41) is 14.8. The van der Waals surface area contributed by atoms with Gasteiger partial charge in [0.05, 0.1) is 14.2 Å². The minimum Gasteiger partial charge on any atom is -0.496 e. The van der Waals surface area contributed by atoms with Gasteiger partial charge in [-0.25, -0.2) is 9.59 Å². The molecule has 0 atom stereocenters. The van der Waals surface area contributed by atoms with Crippen LogP contribution in [0.5, 0.6) is 23.0 Å². The third kappa shape index (κ3) is 5.87. The molecule has 2 aliphatic rings. The lowest BCUT2D eigenvalue weighted by Crippen LogP contribution is -2.48. The quantitative estimate of drug-likeness (QED) is 0.615. The maximum absolute atomic E-state index is 13.1. The van der Waals surface area contributed by atoms with Gasteiger partial charge >= 0.3 is 11.9 Å². The summed E-state index contributed by atoms with van der Waals surface area (Å²) in [5.74, 6) is -1.04. The predicted molar refractivity (Wildman–Crippen MR) is 119 cm³/mol. The highest BCUT2D eigenvalue weighted by atomic mass is 16.7. The Bertz CT molecular complexity index is 1010. The molecule has 0 saturated carbocycles. The van der Waals surface area contributed by atoms with Crippen LogP contribution < -0.4 is 18.9 Å². The van der Waals surface area contributed by atoms with Crippen molar-refractivity contribution in [2.75, 3.05) is 47.2 Å². The first-order chi connectivity index (χ1) is 16.3. The molecule has 182 valence electrons. The number of carbonyl (C=O) groups excluding carboxylic acids is 1. The molecule has 2 aromatic carbocycles. The molecule has 4 rings (SSSR count). The Kier molecular flexibility index (Phi) is 8.14. The van der Waals surface area contributed by atoms with Gasteiger partial charge in [0.2, 0.25) is 6.79 Å². The van der Waals surface area contributed by atoms with Crippen LogP contribution in [0.25, 0.3) is 0 Å². The zero-order valence-electron chi connectivity index (χ0n) is 18.9. The van der Waals surface area contributed by atoms with Crippen LogP contribution >= 0.6 is 0 Å². The Labute approximate surface area is 196 Å². The van der Waals surface area contributed by atoms with E-state index in [1.54, 1.807) is 26.4 Å². The highest BCUT2D eigenvalue weighted by molar-refractivity contribution is 6.27. The van der Waals surface area contributed by atoms with Gasteiger partial charge in [0, 0.05) is 32.7 Å². The standard InChI is InChI=1S/C21H24N2O5.C2H2O4/c1-25-17-4-3-5-18(26-2)20(17)21(24)23-10-8-22(9-11-23)13-15-6-7-16-19(12-15)28-14-27-16;3-1(4)2(5)6/h3-7,12H,8-11,13-14H2,1-2H3;(H,3,4)(H,5,6). The number of rotatable bonds is 5. The molecule has 0 spiro atoms. The fourth-order valence-corrected chi connectivity index (χ4v) is 3.63. The van der Waals surface area contributed by atoms with Gasteiger partial charge in [0.1, 0.15) is 17.1 Å². The van der Waals surface area contributed by atoms with Crippen LogP contribution in [0.4, 0.5) is 0 Å². The van der Waals surface area contributed by atoms with Crippen molar-refractivity contribution in [3.8, 4) is 23.0 Å². The van der Waals surface area contributed by atoms with Crippen molar-refractivity contribution in [2.45, 2.75) is 6.54 Å². The molecule has 2 N–H and O–H groups in total. The Morgan fingerprint density at radius 2 is 1.47 bits per heavy atom. The third-order valence-electron chi connectivity index (χ3n) is 5.33. The summed E-state index contributed by atoms with van der Waals surface area (Å²) in [6.07, 6.45) is 0. The van der Waals surface area contributed by atoms with E-state index in [-0.39, 0.29) is 12.7 Å². The fraction of sp³-hybridized carbons (Fsp3) is 0.348. The maximum Gasteiger partial charge on any atom is 0.414 e. The monoisotopic (exact) mass is 474 g/mol. The van der Waals surface area contributed by atoms with Crippen LogP contribution in [-0.2, 0) is 16.1 Å². The Balaban J connectivity index is 0.000000481. The van der Waals surface area contributed by atoms with E-state index in [1.165, 1.54) is 5.56 Å². The van der Waals surface area contributed by atoms with E-state index in [0.29, 0.717) is 30.2 Å². The van der Waals surface area contributed by atoms with Gasteiger partial charge in [-0.3, -0.25) is 9.69 Å². The van der Waals surface area contributed by atoms with Crippen LogP contribution in [0, 0.1) is 0 Å². The second-order valence-electron chi connectivity index (χ2n) is 7.40. The van der Waals surface area contributed by atoms with Crippen LogP contribution in [0.1, 0.15) is 15.9 Å². The molecule has 1 amide bonds. The summed E-state index contributed by atoms with van der Waals surface area (Å²) in [5.41, 5.74) is 1.66. The molecule has 2 aromatic rings. The molecular formula is C23H26N2O9. The number of piperazine rings is 1. The Morgan fingerprint density at radius 1 is 0.882 bits per heavy atom. The molecule has 0 radical (unpaired) electrons. The van der Waals surface area contributed by atoms with Gasteiger partial charge in [-0.1, -0.05) is 12.1 Å². The molecular weight excluding hydrogens is 448 g/mol. The maximum atomic E-state index is 13.1. The van der Waals surface area contributed by atoms with E-state index in [9.17, 15) is 4.79 Å². The highest BCUT2D eigenvalue weighted by Gasteiger charge is 2.27. The van der Waals surface area contributed by atoms with Crippen molar-refractivity contribution in [3.63, 3.8) is 0 Å². The van der Waals surface area contributed by atoms with Crippen molar-refractivity contribution in [2.24, 2.45) is 0 Å². The molecule has 11 nitrogen and oxygen atoms in total. The first-order valence-corrected chi connectivity index (χ1v) is 10.4. The van der Waals surface area contributed by atoms with Crippen molar-refractivity contribution >= 4 is 17.8 Å². The topological polar surface area (TPSA) is 135 Å². The first-order valence-electron chi connectivity index (χ1n) is 10.4. The van der Waals surface area contributed by atoms with E-state index in [0.717, 1.165) is 31.1 Å². The molecule has 34 heavy (non-hydrogen) atoms. The van der Waals surface area contributed by atoms with E-state index < -0.39 is 11.9 Å². The summed E-state index contributed by atoms with van der Waals surface area (Å²) in [6.45, 7) is 4.02. The Hall–Kier alpha value is -3.99. The average Bonchev–Trinajstić information content (AvgIpc) is 3.32. The zero-order valence-corrected chi connectivity index (χ0v) is 18.9. The molecule has 1 fully saturated rings. The van der Waals surface area contributed by atoms with Gasteiger partial charge in [-0.2, -0.15) is 0 Å². The van der Waals surface area contributed by atoms with Crippen molar-refractivity contribution in [3.05, 3.63) is 47.5 Å². The number of methoxy groups -OCH3 is 2. The molecule has 0 unspecified atom stereocenters. The van der Waals surface area contributed by atoms with E-state index in [1.807, 2.05) is 23.1 Å². The third-order valence-corrected chi connectivity index (χ3v) is 5.33. The molecule has 0 aliphatic carbocycles. The lowest BCUT2D eigenvalue weighted by Gasteiger charge is -2.35. The van der Waals surface area contributed by atoms with Crippen LogP contribution in [0.2, 0.25) is 0 Å². The van der Waals surface area contributed by atoms with Crippen molar-refractivity contribution in [1.82, 2.24) is 9.80 Å². The number of ether oxygens (including phenoxy) is 4. The largest absolute Gasteiger partial charge is 0.496 e. The summed E-state index contributed by atoms with van der Waals surface area (Å²) in [6, 6.07) is 11.4. The minimum atomic E-state index is -1.82. The number of nitrogens with zero attached hydrogens (tertiary/aromatic N) is 2. The van der Waals surface area contributed by atoms with E-state index >= 15 is 0 Å². The minimum absolute atomic E-state index is 0.0583. The van der Waals surface area contributed by atoms with Gasteiger partial charge in [0.25, 0.3) is 5.91 Å². The van der Waals surface area contributed by atoms with Gasteiger partial charge in [-0.05, 0) is 29.8 Å². The molecule has 1 saturated heterocycles. The number of carboxylic acid groups (broad SMARTS) is 2. The summed E-state index contributed by atoms with van der Waals surface area (Å²) >= 11 is 0. The number of aliphatic carboxylic acids is 2. The summed E-state index contributed by atoms with van der Waals surface area (Å²) in [4.78, 5) is 35.5. The molecule has 0 aromatic heterocycles. The normalized spacial score (nSPS) is 14.6. The van der Waals surface area contributed by atoms with E-state index in [2.05, 4.69) is 11.0 Å². The number of carbonyl (C=O) groups is 3. The lowest BCUT2D eigenvalue weighted by molar-refractivity contribution is -0.159. The number of benzene rings is 2. The summed E-state index contributed by atoms with van der Waals surface area (Å²) in [7, 11) is 3.13. The van der Waals surface area contributed by atoms with Crippen LogP contribution in [0.3, 0.4) is 0 Å². The molecule has 2 heterocycles. The van der Waals surface area contributed by atoms with Crippen molar-refractivity contribution in [1.29, 1.82) is 0 Å². The average molecular weight is 474 g/mol. The fourth-order valence-electron chi connectivity index (χ4n) is 3.63. The van der Waals surface area contributed by atoms with E-state index in [4.69, 9.17) is 38.7 Å². The van der Waals surface area contributed by atoms with Gasteiger partial charge < -0.3 is 34.1 Å². The number of fused-ring (bicyclic) bond motifs is 1. The SMILES string of the molecule is COc1cccc(OC)c1C(=O)N1CCN(Cc2ccc3c(c2)OCO3)CC1.O=C(O)C(=O)O. The lowest BCUT2D eigenvalue weighted by atomic mass is 10.1. The predicted octanol–water partition coefficient (Wildman–Crippen LogP) is 1.55. The van der Waals surface area contributed by atoms with Crippen molar-refractivity contribution < 1.29 is 43.5 Å². The molecule has 0 bridgehead atoms. The van der Waals surface area contributed by atoms with Crippen LogP contribution in [0.15, 0.2) is 36.4 Å². The second kappa shape index (κ2) is 11.2. The number of amides is 1. The first kappa shape index (κ1) is 24.6. The number of hydrogen-bond donors (Lipinski definition) is 2. The number of hydrogen-bond acceptors (Lipinski definition) is 8. The van der Waals surface area contributed by atoms with Crippen LogP contribution in [-0.4, -0.2) is 85.1 Å². The smallest absolute Gasteiger partial charge is 0.414 e. The van der Waals surface area contributed by atoms with Gasteiger partial charge in [0.15, 0.2) is 11.5 Å². The van der Waals surface area contributed by atoms with Gasteiger partial charge in [-0.15, -0.1) is 0 Å². The molecule has 11 heteroatoms.